The minimum Gasteiger partial charge on any atom is -0.376 e. The second-order valence-corrected chi connectivity index (χ2v) is 9.58. The van der Waals surface area contributed by atoms with Crippen molar-refractivity contribution in [1.82, 2.24) is 15.1 Å². The second kappa shape index (κ2) is 8.96. The van der Waals surface area contributed by atoms with Gasteiger partial charge in [-0.3, -0.25) is 34.3 Å². The zero-order chi connectivity index (χ0) is 23.1. The molecule has 1 aromatic carbocycles. The van der Waals surface area contributed by atoms with Gasteiger partial charge in [0.15, 0.2) is 0 Å². The summed E-state index contributed by atoms with van der Waals surface area (Å²) >= 11 is 0. The maximum absolute atomic E-state index is 13.0. The molecule has 3 saturated heterocycles. The summed E-state index contributed by atoms with van der Waals surface area (Å²) in [6.07, 6.45) is 4.56. The van der Waals surface area contributed by atoms with E-state index in [4.69, 9.17) is 10.5 Å². The highest BCUT2D eigenvalue weighted by atomic mass is 16.5. The van der Waals surface area contributed by atoms with Gasteiger partial charge in [0.2, 0.25) is 11.8 Å². The fourth-order valence-electron chi connectivity index (χ4n) is 5.63. The van der Waals surface area contributed by atoms with Crippen LogP contribution in [-0.4, -0.2) is 71.3 Å². The first-order chi connectivity index (χ1) is 15.9. The van der Waals surface area contributed by atoms with Crippen molar-refractivity contribution in [2.24, 2.45) is 11.7 Å². The van der Waals surface area contributed by atoms with Crippen LogP contribution in [0.15, 0.2) is 18.2 Å². The van der Waals surface area contributed by atoms with Crippen molar-refractivity contribution in [2.75, 3.05) is 19.7 Å². The molecule has 1 unspecified atom stereocenters. The Morgan fingerprint density at radius 3 is 2.48 bits per heavy atom. The van der Waals surface area contributed by atoms with Gasteiger partial charge in [-0.2, -0.15) is 0 Å². The number of likely N-dealkylation sites (tertiary alicyclic amines) is 1. The molecule has 3 atom stereocenters. The molecule has 4 amide bonds. The fourth-order valence-corrected chi connectivity index (χ4v) is 5.63. The number of nitrogens with one attached hydrogen (secondary N) is 1. The summed E-state index contributed by atoms with van der Waals surface area (Å²) in [5, 5.41) is 2.22. The minimum atomic E-state index is -0.939. The Morgan fingerprint density at radius 2 is 1.76 bits per heavy atom. The van der Waals surface area contributed by atoms with Crippen LogP contribution in [0.3, 0.4) is 0 Å². The van der Waals surface area contributed by atoms with Gasteiger partial charge < -0.3 is 10.5 Å². The Morgan fingerprint density at radius 1 is 1.00 bits per heavy atom. The molecule has 0 radical (unpaired) electrons. The fraction of sp³-hybridized carbons (Fsp3) is 0.583. The Kier molecular flexibility index (Phi) is 6.03. The zero-order valence-corrected chi connectivity index (χ0v) is 18.6. The van der Waals surface area contributed by atoms with Gasteiger partial charge in [0.1, 0.15) is 6.04 Å². The SMILES string of the molecule is N[C@@H]1CCCO[C@H]1C1CCN(Cc2ccc3c(c2)C(=O)N(C2CCC(=O)NC2=O)C3=O)CC1. The van der Waals surface area contributed by atoms with Crippen molar-refractivity contribution in [2.45, 2.75) is 63.3 Å². The Balaban J connectivity index is 1.23. The molecular weight excluding hydrogens is 424 g/mol. The molecule has 5 rings (SSSR count). The van der Waals surface area contributed by atoms with Gasteiger partial charge in [0, 0.05) is 25.6 Å². The molecule has 0 spiro atoms. The highest BCUT2D eigenvalue weighted by molar-refractivity contribution is 6.23. The van der Waals surface area contributed by atoms with Crippen molar-refractivity contribution in [3.8, 4) is 0 Å². The number of nitrogens with zero attached hydrogens (tertiary/aromatic N) is 2. The zero-order valence-electron chi connectivity index (χ0n) is 18.6. The predicted octanol–water partition coefficient (Wildman–Crippen LogP) is 0.806. The van der Waals surface area contributed by atoms with Gasteiger partial charge in [-0.1, -0.05) is 6.07 Å². The van der Waals surface area contributed by atoms with E-state index in [9.17, 15) is 19.2 Å². The van der Waals surface area contributed by atoms with E-state index in [0.29, 0.717) is 23.6 Å². The van der Waals surface area contributed by atoms with Crippen LogP contribution in [0.1, 0.15) is 64.8 Å². The van der Waals surface area contributed by atoms with E-state index < -0.39 is 23.8 Å². The van der Waals surface area contributed by atoms with Crippen LogP contribution in [0.2, 0.25) is 0 Å². The number of imide groups is 2. The summed E-state index contributed by atoms with van der Waals surface area (Å²) in [6.45, 7) is 3.36. The first-order valence-corrected chi connectivity index (χ1v) is 11.9. The average Bonchev–Trinajstić information content (AvgIpc) is 3.05. The largest absolute Gasteiger partial charge is 0.376 e. The number of carbonyl (C=O) groups is 4. The lowest BCUT2D eigenvalue weighted by atomic mass is 9.85. The molecule has 4 heterocycles. The summed E-state index contributed by atoms with van der Waals surface area (Å²) in [4.78, 5) is 52.9. The van der Waals surface area contributed by atoms with Gasteiger partial charge in [0.25, 0.3) is 11.8 Å². The molecule has 9 heteroatoms. The van der Waals surface area contributed by atoms with Crippen LogP contribution in [0.25, 0.3) is 0 Å². The molecule has 0 bridgehead atoms. The number of carbonyl (C=O) groups excluding carboxylic acids is 4. The minimum absolute atomic E-state index is 0.113. The molecular formula is C24H30N4O5. The third-order valence-corrected chi connectivity index (χ3v) is 7.42. The number of nitrogens with two attached hydrogens (primary N) is 1. The van der Waals surface area contributed by atoms with Crippen molar-refractivity contribution in [3.63, 3.8) is 0 Å². The second-order valence-electron chi connectivity index (χ2n) is 9.58. The number of ether oxygens (including phenoxy) is 1. The maximum Gasteiger partial charge on any atom is 0.262 e. The number of piperidine rings is 2. The quantitative estimate of drug-likeness (QED) is 0.646. The Hall–Kier alpha value is -2.62. The van der Waals surface area contributed by atoms with Crippen LogP contribution in [-0.2, 0) is 20.9 Å². The summed E-state index contributed by atoms with van der Waals surface area (Å²) in [5.74, 6) is -1.42. The number of fused-ring (bicyclic) bond motifs is 1. The number of benzene rings is 1. The maximum atomic E-state index is 13.0. The van der Waals surface area contributed by atoms with Crippen molar-refractivity contribution in [1.29, 1.82) is 0 Å². The molecule has 4 aliphatic heterocycles. The van der Waals surface area contributed by atoms with E-state index in [1.807, 2.05) is 6.07 Å². The molecule has 9 nitrogen and oxygen atoms in total. The van der Waals surface area contributed by atoms with Crippen LogP contribution in [0.5, 0.6) is 0 Å². The van der Waals surface area contributed by atoms with Crippen molar-refractivity contribution < 1.29 is 23.9 Å². The lowest BCUT2D eigenvalue weighted by Crippen LogP contribution is -2.54. The van der Waals surface area contributed by atoms with E-state index in [0.717, 1.165) is 55.8 Å². The third-order valence-electron chi connectivity index (χ3n) is 7.42. The molecule has 0 aliphatic carbocycles. The van der Waals surface area contributed by atoms with Gasteiger partial charge in [-0.05, 0) is 68.8 Å². The smallest absolute Gasteiger partial charge is 0.262 e. The van der Waals surface area contributed by atoms with Gasteiger partial charge in [-0.15, -0.1) is 0 Å². The van der Waals surface area contributed by atoms with E-state index in [1.54, 1.807) is 12.1 Å². The normalized spacial score (nSPS) is 29.4. The molecule has 33 heavy (non-hydrogen) atoms. The summed E-state index contributed by atoms with van der Waals surface area (Å²) in [6, 6.07) is 4.52. The number of hydrogen-bond acceptors (Lipinski definition) is 7. The highest BCUT2D eigenvalue weighted by Gasteiger charge is 2.44. The monoisotopic (exact) mass is 454 g/mol. The standard InChI is InChI=1S/C24H30N4O5/c25-18-2-1-11-33-21(18)15-7-9-27(10-8-15)13-14-3-4-16-17(12-14)24(32)28(23(16)31)19-5-6-20(29)26-22(19)30/h3-4,12,15,18-19,21H,1-2,5-11,13,25H2,(H,26,29,30)/t18-,19?,21+/m1/s1. The van der Waals surface area contributed by atoms with Crippen LogP contribution < -0.4 is 11.1 Å². The first-order valence-electron chi connectivity index (χ1n) is 11.9. The third kappa shape index (κ3) is 4.20. The molecule has 0 saturated carbocycles. The molecule has 4 aliphatic rings. The highest BCUT2D eigenvalue weighted by Crippen LogP contribution is 2.31. The molecule has 3 fully saturated rings. The van der Waals surface area contributed by atoms with E-state index in [-0.39, 0.29) is 30.9 Å². The molecule has 176 valence electrons. The topological polar surface area (TPSA) is 122 Å². The van der Waals surface area contributed by atoms with Crippen molar-refractivity contribution in [3.05, 3.63) is 34.9 Å². The van der Waals surface area contributed by atoms with E-state index >= 15 is 0 Å². The molecule has 1 aromatic rings. The first kappa shape index (κ1) is 22.2. The van der Waals surface area contributed by atoms with E-state index in [2.05, 4.69) is 10.2 Å². The molecule has 3 N–H and O–H groups in total. The van der Waals surface area contributed by atoms with Crippen LogP contribution >= 0.6 is 0 Å². The van der Waals surface area contributed by atoms with Gasteiger partial charge in [0.05, 0.1) is 17.2 Å². The molecule has 0 aromatic heterocycles. The van der Waals surface area contributed by atoms with Crippen LogP contribution in [0.4, 0.5) is 0 Å². The summed E-state index contributed by atoms with van der Waals surface area (Å²) in [7, 11) is 0. The number of hydrogen-bond donors (Lipinski definition) is 2. The lowest BCUT2D eigenvalue weighted by Gasteiger charge is -2.40. The van der Waals surface area contributed by atoms with Gasteiger partial charge >= 0.3 is 0 Å². The summed E-state index contributed by atoms with van der Waals surface area (Å²) < 4.78 is 5.96. The Bertz CT molecular complexity index is 987. The number of amides is 4. The predicted molar refractivity (Wildman–Crippen MR) is 118 cm³/mol. The van der Waals surface area contributed by atoms with Crippen LogP contribution in [0, 0.1) is 5.92 Å². The summed E-state index contributed by atoms with van der Waals surface area (Å²) in [5.41, 5.74) is 7.89. The van der Waals surface area contributed by atoms with E-state index in [1.165, 1.54) is 0 Å². The average molecular weight is 455 g/mol. The van der Waals surface area contributed by atoms with Gasteiger partial charge in [-0.25, -0.2) is 0 Å². The lowest BCUT2D eigenvalue weighted by molar-refractivity contribution is -0.136. The Labute approximate surface area is 192 Å². The number of rotatable bonds is 4. The van der Waals surface area contributed by atoms with Crippen molar-refractivity contribution >= 4 is 23.6 Å².